The lowest BCUT2D eigenvalue weighted by Gasteiger charge is -2.24. The van der Waals surface area contributed by atoms with Gasteiger partial charge in [-0.2, -0.15) is 0 Å². The zero-order chi connectivity index (χ0) is 18.8. The molecule has 1 unspecified atom stereocenters. The first-order valence-electron chi connectivity index (χ1n) is 8.41. The molecule has 1 atom stereocenters. The van der Waals surface area contributed by atoms with E-state index in [9.17, 15) is 14.4 Å². The van der Waals surface area contributed by atoms with Crippen LogP contribution in [0.15, 0.2) is 24.3 Å². The first-order chi connectivity index (χ1) is 12.4. The summed E-state index contributed by atoms with van der Waals surface area (Å²) in [5.41, 5.74) is 3.24. The zero-order valence-electron chi connectivity index (χ0n) is 14.2. The van der Waals surface area contributed by atoms with Gasteiger partial charge in [-0.3, -0.25) is 24.7 Å². The van der Waals surface area contributed by atoms with E-state index in [0.717, 1.165) is 12.8 Å². The van der Waals surface area contributed by atoms with Crippen molar-refractivity contribution in [3.63, 3.8) is 0 Å². The second-order valence-electron chi connectivity index (χ2n) is 6.26. The predicted molar refractivity (Wildman–Crippen MR) is 101 cm³/mol. The Morgan fingerprint density at radius 1 is 1.35 bits per heavy atom. The van der Waals surface area contributed by atoms with E-state index in [1.807, 2.05) is 0 Å². The van der Waals surface area contributed by atoms with Crippen molar-refractivity contribution in [2.24, 2.45) is 5.92 Å². The highest BCUT2D eigenvalue weighted by Crippen LogP contribution is 2.30. The first kappa shape index (κ1) is 18.6. The minimum Gasteiger partial charge on any atom is -0.326 e. The Hall–Kier alpha value is -2.19. The van der Waals surface area contributed by atoms with Crippen molar-refractivity contribution in [1.82, 2.24) is 15.3 Å². The summed E-state index contributed by atoms with van der Waals surface area (Å²) in [6, 6.07) is 5.88. The molecule has 2 N–H and O–H groups in total. The molecule has 1 aromatic carbocycles. The number of anilines is 1. The van der Waals surface area contributed by atoms with E-state index < -0.39 is 6.04 Å². The molecule has 1 aliphatic carbocycles. The fourth-order valence-corrected chi connectivity index (χ4v) is 3.34. The first-order valence-corrected chi connectivity index (χ1v) is 9.19. The maximum Gasteiger partial charge on any atom is 0.254 e. The van der Waals surface area contributed by atoms with Gasteiger partial charge in [-0.15, -0.1) is 0 Å². The summed E-state index contributed by atoms with van der Waals surface area (Å²) >= 11 is 11.2. The van der Waals surface area contributed by atoms with Crippen LogP contribution in [0.1, 0.15) is 26.2 Å². The monoisotopic (exact) mass is 394 g/mol. The number of thiocarbonyl (C=S) groups is 1. The van der Waals surface area contributed by atoms with Crippen molar-refractivity contribution in [3.05, 3.63) is 29.3 Å². The zero-order valence-corrected chi connectivity index (χ0v) is 15.8. The molecule has 1 heterocycles. The molecule has 26 heavy (non-hydrogen) atoms. The number of hydrazine groups is 1. The van der Waals surface area contributed by atoms with Gasteiger partial charge in [-0.05, 0) is 50.2 Å². The summed E-state index contributed by atoms with van der Waals surface area (Å²) in [6.07, 6.45) is 1.53. The predicted octanol–water partition coefficient (Wildman–Crippen LogP) is 1.93. The average Bonchev–Trinajstić information content (AvgIpc) is 3.40. The third-order valence-corrected chi connectivity index (χ3v) is 4.93. The van der Waals surface area contributed by atoms with E-state index in [-0.39, 0.29) is 35.2 Å². The minimum atomic E-state index is -0.857. The molecule has 138 valence electrons. The van der Waals surface area contributed by atoms with Crippen molar-refractivity contribution < 1.29 is 14.4 Å². The third-order valence-electron chi connectivity index (χ3n) is 4.28. The smallest absolute Gasteiger partial charge is 0.254 e. The van der Waals surface area contributed by atoms with Crippen molar-refractivity contribution in [1.29, 1.82) is 0 Å². The number of hydrogen-bond acceptors (Lipinski definition) is 4. The van der Waals surface area contributed by atoms with E-state index in [0.29, 0.717) is 17.3 Å². The molecular formula is C17H19ClN4O3S. The Bertz CT molecular complexity index is 768. The van der Waals surface area contributed by atoms with Crippen LogP contribution >= 0.6 is 23.8 Å². The van der Waals surface area contributed by atoms with Crippen LogP contribution in [-0.2, 0) is 14.4 Å². The molecular weight excluding hydrogens is 376 g/mol. The molecule has 9 heteroatoms. The van der Waals surface area contributed by atoms with Crippen molar-refractivity contribution in [2.75, 3.05) is 11.9 Å². The highest BCUT2D eigenvalue weighted by molar-refractivity contribution is 7.80. The second kappa shape index (κ2) is 7.59. The normalized spacial score (nSPS) is 19.7. The third kappa shape index (κ3) is 3.96. The molecule has 1 saturated heterocycles. The van der Waals surface area contributed by atoms with Crippen molar-refractivity contribution in [2.45, 2.75) is 32.2 Å². The fraction of sp³-hybridized carbons (Fsp3) is 0.412. The van der Waals surface area contributed by atoms with Gasteiger partial charge < -0.3 is 5.32 Å². The number of likely N-dealkylation sites (N-methyl/N-ethyl adjacent to an activating group) is 1. The molecule has 2 aliphatic rings. The lowest BCUT2D eigenvalue weighted by Crippen LogP contribution is -2.50. The lowest BCUT2D eigenvalue weighted by molar-refractivity contribution is -0.133. The summed E-state index contributed by atoms with van der Waals surface area (Å²) in [5, 5.41) is 4.77. The number of amides is 3. The summed E-state index contributed by atoms with van der Waals surface area (Å²) in [4.78, 5) is 38.5. The molecule has 1 saturated carbocycles. The quantitative estimate of drug-likeness (QED) is 0.720. The Morgan fingerprint density at radius 3 is 2.69 bits per heavy atom. The number of halogens is 1. The topological polar surface area (TPSA) is 81.8 Å². The molecule has 0 spiro atoms. The summed E-state index contributed by atoms with van der Waals surface area (Å²) in [6.45, 7) is 2.17. The molecule has 0 radical (unpaired) electrons. The Morgan fingerprint density at radius 2 is 2.08 bits per heavy atom. The second-order valence-corrected chi connectivity index (χ2v) is 7.07. The Kier molecular flexibility index (Phi) is 5.43. The van der Waals surface area contributed by atoms with Crippen LogP contribution in [0, 0.1) is 5.92 Å². The van der Waals surface area contributed by atoms with Gasteiger partial charge >= 0.3 is 0 Å². The number of hydrogen-bond donors (Lipinski definition) is 2. The number of benzene rings is 1. The number of carbonyl (C=O) groups is 3. The van der Waals surface area contributed by atoms with Gasteiger partial charge in [0.25, 0.3) is 5.91 Å². The Labute approximate surface area is 161 Å². The van der Waals surface area contributed by atoms with Gasteiger partial charge in [0.05, 0.1) is 6.42 Å². The molecule has 7 nitrogen and oxygen atoms in total. The van der Waals surface area contributed by atoms with Gasteiger partial charge in [0.2, 0.25) is 11.8 Å². The number of carbonyl (C=O) groups excluding carboxylic acids is 3. The maximum absolute atomic E-state index is 12.6. The van der Waals surface area contributed by atoms with Crippen LogP contribution in [0.4, 0.5) is 5.69 Å². The standard InChI is InChI=1S/C17H19ClN4O3S/c1-2-21-16(25)13(22(17(21)26)20-15(24)10-6-7-10)9-14(23)19-12-5-3-4-11(18)8-12/h3-5,8,10,13H,2,6-7,9H2,1H3,(H,19,23)(H,20,24). The van der Waals surface area contributed by atoms with Gasteiger partial charge in [-0.25, -0.2) is 5.01 Å². The average molecular weight is 395 g/mol. The largest absolute Gasteiger partial charge is 0.326 e. The van der Waals surface area contributed by atoms with Gasteiger partial charge in [-0.1, -0.05) is 17.7 Å². The number of nitrogens with zero attached hydrogens (tertiary/aromatic N) is 2. The van der Waals surface area contributed by atoms with E-state index in [1.165, 1.54) is 9.91 Å². The molecule has 1 aliphatic heterocycles. The van der Waals surface area contributed by atoms with Crippen LogP contribution in [0.3, 0.4) is 0 Å². The molecule has 3 amide bonds. The van der Waals surface area contributed by atoms with Gasteiger partial charge in [0.1, 0.15) is 6.04 Å². The lowest BCUT2D eigenvalue weighted by atomic mass is 10.2. The summed E-state index contributed by atoms with van der Waals surface area (Å²) in [5.74, 6) is -0.866. The Balaban J connectivity index is 1.71. The van der Waals surface area contributed by atoms with Crippen LogP contribution < -0.4 is 10.7 Å². The van der Waals surface area contributed by atoms with Crippen molar-refractivity contribution >= 4 is 52.3 Å². The molecule has 2 fully saturated rings. The minimum absolute atomic E-state index is 0.0375. The molecule has 0 aromatic heterocycles. The highest BCUT2D eigenvalue weighted by Gasteiger charge is 2.45. The van der Waals surface area contributed by atoms with Crippen LogP contribution in [0.5, 0.6) is 0 Å². The molecule has 0 bridgehead atoms. The molecule has 1 aromatic rings. The van der Waals surface area contributed by atoms with Crippen LogP contribution in [0.2, 0.25) is 5.02 Å². The van der Waals surface area contributed by atoms with Crippen molar-refractivity contribution in [3.8, 4) is 0 Å². The SMILES string of the molecule is CCN1C(=O)C(CC(=O)Nc2cccc(Cl)c2)N(NC(=O)C2CC2)C1=S. The number of rotatable bonds is 6. The molecule has 3 rings (SSSR count). The van der Waals surface area contributed by atoms with E-state index >= 15 is 0 Å². The van der Waals surface area contributed by atoms with Gasteiger partial charge in [0, 0.05) is 23.2 Å². The van der Waals surface area contributed by atoms with Gasteiger partial charge in [0.15, 0.2) is 5.11 Å². The fourth-order valence-electron chi connectivity index (χ4n) is 2.75. The van der Waals surface area contributed by atoms with Crippen LogP contribution in [0.25, 0.3) is 0 Å². The van der Waals surface area contributed by atoms with E-state index in [4.69, 9.17) is 23.8 Å². The number of nitrogens with one attached hydrogen (secondary N) is 2. The van der Waals surface area contributed by atoms with E-state index in [2.05, 4.69) is 10.7 Å². The highest BCUT2D eigenvalue weighted by atomic mass is 35.5. The van der Waals surface area contributed by atoms with E-state index in [1.54, 1.807) is 31.2 Å². The maximum atomic E-state index is 12.6. The summed E-state index contributed by atoms with van der Waals surface area (Å²) in [7, 11) is 0. The summed E-state index contributed by atoms with van der Waals surface area (Å²) < 4.78 is 0. The van der Waals surface area contributed by atoms with Crippen LogP contribution in [-0.4, -0.2) is 45.3 Å².